The third-order valence-electron chi connectivity index (χ3n) is 6.79. The lowest BCUT2D eigenvalue weighted by molar-refractivity contribution is 0.615. The van der Waals surface area contributed by atoms with Gasteiger partial charge in [0, 0.05) is 10.8 Å². The molecule has 0 radical (unpaired) electrons. The van der Waals surface area contributed by atoms with E-state index in [9.17, 15) is 0 Å². The highest BCUT2D eigenvalue weighted by Crippen LogP contribution is 2.45. The molecule has 0 atom stereocenters. The summed E-state index contributed by atoms with van der Waals surface area (Å²) in [5, 5.41) is 3.10. The molecule has 2 heteroatoms. The normalized spacial score (nSPS) is 15.0. The molecule has 168 valence electrons. The predicted molar refractivity (Wildman–Crippen MR) is 149 cm³/mol. The first-order chi connectivity index (χ1) is 21.2. The fourth-order valence-corrected chi connectivity index (χ4v) is 5.24. The van der Waals surface area contributed by atoms with Gasteiger partial charge in [0.05, 0.1) is 22.6 Å². The molecule has 6 aromatic carbocycles. The average Bonchev–Trinajstić information content (AvgIpc) is 3.68. The van der Waals surface area contributed by atoms with Crippen molar-refractivity contribution in [1.29, 1.82) is 0 Å². The third kappa shape index (κ3) is 2.67. The highest BCUT2D eigenvalue weighted by Gasteiger charge is 2.18. The summed E-state index contributed by atoms with van der Waals surface area (Å²) in [6.07, 6.45) is 1.59. The van der Waals surface area contributed by atoms with Crippen LogP contribution in [0.4, 0.5) is 0 Å². The summed E-state index contributed by atoms with van der Waals surface area (Å²) in [5.41, 5.74) is 3.64. The number of fused-ring (bicyclic) bond motifs is 7. The second kappa shape index (κ2) is 7.34. The van der Waals surface area contributed by atoms with Crippen LogP contribution in [-0.2, 0) is 0 Å². The molecule has 2 aromatic heterocycles. The van der Waals surface area contributed by atoms with Crippen LogP contribution < -0.4 is 0 Å². The molecule has 0 unspecified atom stereocenters. The minimum Gasteiger partial charge on any atom is -0.464 e. The van der Waals surface area contributed by atoms with Gasteiger partial charge in [-0.05, 0) is 74.1 Å². The van der Waals surface area contributed by atoms with Crippen molar-refractivity contribution in [2.24, 2.45) is 0 Å². The van der Waals surface area contributed by atoms with Gasteiger partial charge in [-0.3, -0.25) is 0 Å². The Labute approximate surface area is 218 Å². The smallest absolute Gasteiger partial charge is 0.146 e. The van der Waals surface area contributed by atoms with E-state index in [-0.39, 0.29) is 45.7 Å². The van der Waals surface area contributed by atoms with Crippen LogP contribution in [0.1, 0.15) is 11.0 Å². The highest BCUT2D eigenvalue weighted by atomic mass is 16.3. The molecule has 0 amide bonds. The maximum atomic E-state index is 9.10. The van der Waals surface area contributed by atoms with Crippen LogP contribution in [0.15, 0.2) is 130 Å². The van der Waals surface area contributed by atoms with Crippen LogP contribution in [0, 0.1) is 0 Å². The summed E-state index contributed by atoms with van der Waals surface area (Å²) in [6, 6.07) is 17.0. The van der Waals surface area contributed by atoms with Gasteiger partial charge in [0.25, 0.3) is 0 Å². The first kappa shape index (κ1) is 13.3. The molecule has 0 aliphatic heterocycles. The Morgan fingerprint density at radius 2 is 1.14 bits per heavy atom. The van der Waals surface area contributed by atoms with Crippen molar-refractivity contribution >= 4 is 54.5 Å². The Bertz CT molecular complexity index is 2450. The Hall–Kier alpha value is -4.82. The Morgan fingerprint density at radius 3 is 1.83 bits per heavy atom. The molecule has 8 aromatic rings. The number of furan rings is 2. The fraction of sp³-hybridized carbons (Fsp3) is 0. The average molecular weight is 469 g/mol. The van der Waals surface area contributed by atoms with Gasteiger partial charge in [0.2, 0.25) is 0 Å². The van der Waals surface area contributed by atoms with E-state index in [0.717, 1.165) is 16.2 Å². The van der Waals surface area contributed by atoms with Gasteiger partial charge in [-0.25, -0.2) is 0 Å². The lowest BCUT2D eigenvalue weighted by Gasteiger charge is -2.17. The zero-order chi connectivity index (χ0) is 30.6. The van der Waals surface area contributed by atoms with Gasteiger partial charge in [-0.2, -0.15) is 0 Å². The van der Waals surface area contributed by atoms with Crippen LogP contribution in [0.2, 0.25) is 0 Å². The predicted octanol–water partition coefficient (Wildman–Crippen LogP) is 9.97. The molecule has 0 N–H and O–H groups in total. The number of rotatable bonds is 2. The summed E-state index contributed by atoms with van der Waals surface area (Å²) >= 11 is 0. The largest absolute Gasteiger partial charge is 0.464 e. The van der Waals surface area contributed by atoms with Gasteiger partial charge >= 0.3 is 0 Å². The molecule has 0 saturated carbocycles. The van der Waals surface area contributed by atoms with Gasteiger partial charge in [0.1, 0.15) is 16.7 Å². The van der Waals surface area contributed by atoms with Crippen molar-refractivity contribution in [3.05, 3.63) is 121 Å². The zero-order valence-corrected chi connectivity index (χ0v) is 18.7. The van der Waals surface area contributed by atoms with Gasteiger partial charge in [-0.15, -0.1) is 0 Å². The highest BCUT2D eigenvalue weighted by molar-refractivity contribution is 6.22. The molecule has 0 fully saturated rings. The lowest BCUT2D eigenvalue weighted by atomic mass is 9.86. The van der Waals surface area contributed by atoms with E-state index < -0.39 is 24.2 Å². The molecule has 0 saturated heterocycles. The van der Waals surface area contributed by atoms with E-state index in [1.807, 2.05) is 30.3 Å². The monoisotopic (exact) mass is 468 g/mol. The van der Waals surface area contributed by atoms with Crippen molar-refractivity contribution in [3.8, 4) is 22.3 Å². The van der Waals surface area contributed by atoms with Crippen molar-refractivity contribution < 1.29 is 19.8 Å². The summed E-state index contributed by atoms with van der Waals surface area (Å²) in [5.74, 6) is 0. The molecule has 0 aliphatic rings. The number of hydrogen-bond donors (Lipinski definition) is 0. The van der Waals surface area contributed by atoms with Crippen molar-refractivity contribution in [2.75, 3.05) is 0 Å². The Kier molecular flexibility index (Phi) is 2.71. The maximum absolute atomic E-state index is 9.10. The van der Waals surface area contributed by atoms with Crippen molar-refractivity contribution in [2.45, 2.75) is 0 Å². The maximum Gasteiger partial charge on any atom is 0.146 e. The van der Waals surface area contributed by atoms with E-state index >= 15 is 0 Å². The summed E-state index contributed by atoms with van der Waals surface area (Å²) in [7, 11) is 0. The van der Waals surface area contributed by atoms with Gasteiger partial charge < -0.3 is 8.83 Å². The molecular formula is C34H20O2. The van der Waals surface area contributed by atoms with E-state index in [1.165, 1.54) is 0 Å². The first-order valence-electron chi connectivity index (χ1n) is 15.5. The van der Waals surface area contributed by atoms with Crippen LogP contribution >= 0.6 is 0 Å². The number of hydrogen-bond acceptors (Lipinski definition) is 2. The second-order valence-electron chi connectivity index (χ2n) is 8.70. The fourth-order valence-electron chi connectivity index (χ4n) is 5.24. The van der Waals surface area contributed by atoms with Crippen LogP contribution in [0.25, 0.3) is 76.7 Å². The molecule has 0 aliphatic carbocycles. The van der Waals surface area contributed by atoms with Crippen molar-refractivity contribution in [3.63, 3.8) is 0 Å². The minimum absolute atomic E-state index is 0.178. The van der Waals surface area contributed by atoms with E-state index in [0.29, 0.717) is 39.0 Å². The Balaban J connectivity index is 1.64. The minimum atomic E-state index is -0.430. The molecule has 8 rings (SSSR count). The van der Waals surface area contributed by atoms with E-state index in [1.54, 1.807) is 42.7 Å². The number of benzene rings is 6. The molecule has 2 heterocycles. The van der Waals surface area contributed by atoms with Gasteiger partial charge in [0.15, 0.2) is 0 Å². The van der Waals surface area contributed by atoms with Crippen LogP contribution in [-0.4, -0.2) is 0 Å². The zero-order valence-electron chi connectivity index (χ0n) is 26.7. The summed E-state index contributed by atoms with van der Waals surface area (Å²) < 4.78 is 82.3. The van der Waals surface area contributed by atoms with Gasteiger partial charge in [-0.1, -0.05) is 84.7 Å². The topological polar surface area (TPSA) is 26.3 Å². The molecular weight excluding hydrogens is 440 g/mol. The standard InChI is InChI=1S/C34H20O2/c1-2-8-21(9-3-1)32-23-10-4-6-12-25(23)33(26-13-7-5-11-24(26)32)22-14-16-31-29(20-22)27-15-17-30-28(18-19-35-30)34(27)36-31/h1-20H/i4D,5D,6D,7D,10D,11D,12D,13D. The van der Waals surface area contributed by atoms with Crippen LogP contribution in [0.5, 0.6) is 0 Å². The van der Waals surface area contributed by atoms with Crippen molar-refractivity contribution in [1.82, 2.24) is 0 Å². The third-order valence-corrected chi connectivity index (χ3v) is 6.79. The Morgan fingerprint density at radius 1 is 0.500 bits per heavy atom. The molecule has 36 heavy (non-hydrogen) atoms. The van der Waals surface area contributed by atoms with E-state index in [2.05, 4.69) is 0 Å². The quantitative estimate of drug-likeness (QED) is 0.236. The lowest BCUT2D eigenvalue weighted by Crippen LogP contribution is -1.90. The molecule has 0 spiro atoms. The van der Waals surface area contributed by atoms with E-state index in [4.69, 9.17) is 19.8 Å². The van der Waals surface area contributed by atoms with Crippen LogP contribution in [0.3, 0.4) is 0 Å². The summed E-state index contributed by atoms with van der Waals surface area (Å²) in [4.78, 5) is 0. The SMILES string of the molecule is [2H]c1c([2H])c([2H])c2c(-c3ccc4oc5c6ccoc6ccc5c4c3)c3c([2H])c([2H])c([2H])c([2H])c3c(-c3ccccc3)c2c1[2H]. The second-order valence-corrected chi connectivity index (χ2v) is 8.70. The molecule has 2 nitrogen and oxygen atoms in total. The first-order valence-corrected chi connectivity index (χ1v) is 11.5. The molecule has 0 bridgehead atoms. The summed E-state index contributed by atoms with van der Waals surface area (Å²) in [6.45, 7) is 0.